The van der Waals surface area contributed by atoms with E-state index in [9.17, 15) is 4.79 Å². The van der Waals surface area contributed by atoms with Crippen molar-refractivity contribution < 1.29 is 19.0 Å². The Hall–Kier alpha value is -1.30. The molecule has 0 atom stereocenters. The van der Waals surface area contributed by atoms with Crippen molar-refractivity contribution in [2.45, 2.75) is 0 Å². The average Bonchev–Trinajstić information content (AvgIpc) is 2.10. The lowest BCUT2D eigenvalue weighted by atomic mass is 10.9. The summed E-state index contributed by atoms with van der Waals surface area (Å²) in [5, 5.41) is 2.32. The number of carbonyl (C=O) groups is 1. The van der Waals surface area contributed by atoms with Crippen molar-refractivity contribution in [1.29, 1.82) is 0 Å². The highest BCUT2D eigenvalue weighted by Gasteiger charge is 2.01. The molecular weight excluding hydrogens is 164 g/mol. The van der Waals surface area contributed by atoms with Crippen LogP contribution in [0.1, 0.15) is 0 Å². The van der Waals surface area contributed by atoms with Crippen LogP contribution in [0.4, 0.5) is 4.79 Å². The first-order chi connectivity index (χ1) is 5.74. The Kier molecular flexibility index (Phi) is 5.72. The van der Waals surface area contributed by atoms with E-state index in [2.05, 4.69) is 24.5 Å². The summed E-state index contributed by atoms with van der Waals surface area (Å²) in [5.41, 5.74) is 0. The first-order valence-corrected chi connectivity index (χ1v) is 3.18. The summed E-state index contributed by atoms with van der Waals surface area (Å²) in [6, 6.07) is -0.574. The third-order valence-electron chi connectivity index (χ3n) is 0.910. The van der Waals surface area contributed by atoms with Crippen LogP contribution in [0.5, 0.6) is 0 Å². The van der Waals surface area contributed by atoms with Gasteiger partial charge in [0, 0.05) is 7.11 Å². The quantitative estimate of drug-likeness (QED) is 0.364. The second-order valence-electron chi connectivity index (χ2n) is 1.70. The normalized spacial score (nSPS) is 8.58. The summed E-state index contributed by atoms with van der Waals surface area (Å²) in [5.74, 6) is 0. The summed E-state index contributed by atoms with van der Waals surface area (Å²) in [4.78, 5) is 14.2. The van der Waals surface area contributed by atoms with E-state index in [1.54, 1.807) is 0 Å². The van der Waals surface area contributed by atoms with Gasteiger partial charge < -0.3 is 19.5 Å². The number of hydrogen-bond donors (Lipinski definition) is 1. The standard InChI is InChI=1S/C6H12N2O4/c1-10-4-7-5(9)8-6(11-2)12-3/h4H2,1-3H3,(H,7,9). The molecule has 2 amide bonds. The molecule has 0 aliphatic rings. The molecule has 0 aliphatic carbocycles. The Morgan fingerprint density at radius 2 is 1.92 bits per heavy atom. The second kappa shape index (κ2) is 6.41. The number of hydrogen-bond acceptors (Lipinski definition) is 4. The summed E-state index contributed by atoms with van der Waals surface area (Å²) < 4.78 is 13.7. The molecule has 0 fully saturated rings. The minimum atomic E-state index is -0.574. The van der Waals surface area contributed by atoms with Gasteiger partial charge in [-0.3, -0.25) is 0 Å². The highest BCUT2D eigenvalue weighted by atomic mass is 16.7. The van der Waals surface area contributed by atoms with Gasteiger partial charge in [-0.05, 0) is 0 Å². The predicted molar refractivity (Wildman–Crippen MR) is 41.9 cm³/mol. The molecule has 0 saturated carbocycles. The van der Waals surface area contributed by atoms with E-state index in [0.717, 1.165) is 0 Å². The van der Waals surface area contributed by atoms with Gasteiger partial charge in [0.15, 0.2) is 0 Å². The minimum Gasteiger partial charge on any atom is -0.454 e. The molecule has 6 heteroatoms. The molecule has 0 aromatic heterocycles. The van der Waals surface area contributed by atoms with Gasteiger partial charge in [-0.2, -0.15) is 0 Å². The van der Waals surface area contributed by atoms with E-state index in [-0.39, 0.29) is 12.8 Å². The number of rotatable bonds is 2. The Bertz CT molecular complexity index is 163. The number of nitrogens with one attached hydrogen (secondary N) is 1. The van der Waals surface area contributed by atoms with Crippen molar-refractivity contribution in [1.82, 2.24) is 5.32 Å². The molecule has 0 aliphatic heterocycles. The van der Waals surface area contributed by atoms with Crippen LogP contribution in [-0.2, 0) is 14.2 Å². The summed E-state index contributed by atoms with van der Waals surface area (Å²) in [7, 11) is 4.16. The first kappa shape index (κ1) is 10.7. The number of nitrogens with zero attached hydrogens (tertiary/aromatic N) is 1. The fraction of sp³-hybridized carbons (Fsp3) is 0.667. The molecule has 1 N–H and O–H groups in total. The van der Waals surface area contributed by atoms with E-state index in [1.165, 1.54) is 21.3 Å². The lowest BCUT2D eigenvalue weighted by Gasteiger charge is -2.01. The van der Waals surface area contributed by atoms with Crippen LogP contribution in [0.25, 0.3) is 0 Å². The molecule has 0 spiro atoms. The third kappa shape index (κ3) is 4.51. The Balaban J connectivity index is 3.85. The van der Waals surface area contributed by atoms with Crippen molar-refractivity contribution in [3.63, 3.8) is 0 Å². The fourth-order valence-electron chi connectivity index (χ4n) is 0.431. The maximum atomic E-state index is 10.8. The fourth-order valence-corrected chi connectivity index (χ4v) is 0.431. The van der Waals surface area contributed by atoms with E-state index in [4.69, 9.17) is 0 Å². The maximum Gasteiger partial charge on any atom is 0.392 e. The van der Waals surface area contributed by atoms with Crippen molar-refractivity contribution in [2.24, 2.45) is 4.99 Å². The van der Waals surface area contributed by atoms with Gasteiger partial charge in [-0.1, -0.05) is 0 Å². The molecule has 12 heavy (non-hydrogen) atoms. The second-order valence-corrected chi connectivity index (χ2v) is 1.70. The topological polar surface area (TPSA) is 69.2 Å². The van der Waals surface area contributed by atoms with Crippen LogP contribution >= 0.6 is 0 Å². The zero-order chi connectivity index (χ0) is 9.40. The molecule has 0 aromatic rings. The van der Waals surface area contributed by atoms with Gasteiger partial charge in [0.1, 0.15) is 6.73 Å². The predicted octanol–water partition coefficient (Wildman–Crippen LogP) is -0.0513. The molecule has 0 bridgehead atoms. The molecule has 0 saturated heterocycles. The van der Waals surface area contributed by atoms with E-state index < -0.39 is 6.03 Å². The van der Waals surface area contributed by atoms with E-state index >= 15 is 0 Å². The van der Waals surface area contributed by atoms with Crippen LogP contribution in [0.2, 0.25) is 0 Å². The summed E-state index contributed by atoms with van der Waals surface area (Å²) >= 11 is 0. The number of carbonyl (C=O) groups excluding carboxylic acids is 1. The van der Waals surface area contributed by atoms with E-state index in [0.29, 0.717) is 0 Å². The van der Waals surface area contributed by atoms with Crippen LogP contribution < -0.4 is 5.32 Å². The monoisotopic (exact) mass is 176 g/mol. The van der Waals surface area contributed by atoms with Crippen molar-refractivity contribution in [2.75, 3.05) is 28.1 Å². The van der Waals surface area contributed by atoms with Crippen molar-refractivity contribution in [3.05, 3.63) is 0 Å². The Morgan fingerprint density at radius 3 is 2.33 bits per heavy atom. The molecule has 70 valence electrons. The summed E-state index contributed by atoms with van der Waals surface area (Å²) in [6.45, 7) is 0.100. The largest absolute Gasteiger partial charge is 0.454 e. The van der Waals surface area contributed by atoms with Gasteiger partial charge >= 0.3 is 12.1 Å². The molecular formula is C6H12N2O4. The smallest absolute Gasteiger partial charge is 0.392 e. The van der Waals surface area contributed by atoms with E-state index in [1.807, 2.05) is 0 Å². The lowest BCUT2D eigenvalue weighted by molar-refractivity contribution is 0.174. The number of amides is 2. The van der Waals surface area contributed by atoms with Crippen LogP contribution in [-0.4, -0.2) is 40.2 Å². The highest BCUT2D eigenvalue weighted by Crippen LogP contribution is 1.82. The van der Waals surface area contributed by atoms with Gasteiger partial charge in [0.25, 0.3) is 0 Å². The third-order valence-corrected chi connectivity index (χ3v) is 0.910. The number of methoxy groups -OCH3 is 3. The van der Waals surface area contributed by atoms with Crippen molar-refractivity contribution in [3.8, 4) is 0 Å². The Morgan fingerprint density at radius 1 is 1.33 bits per heavy atom. The Labute approximate surface area is 70.5 Å². The van der Waals surface area contributed by atoms with Crippen LogP contribution in [0.15, 0.2) is 4.99 Å². The SMILES string of the molecule is COCNC(=O)N=C(OC)OC. The molecule has 0 aromatic carbocycles. The highest BCUT2D eigenvalue weighted by molar-refractivity contribution is 5.86. The molecule has 0 radical (unpaired) electrons. The summed E-state index contributed by atoms with van der Waals surface area (Å²) in [6.07, 6.45) is -0.0939. The van der Waals surface area contributed by atoms with Gasteiger partial charge in [0.2, 0.25) is 0 Å². The van der Waals surface area contributed by atoms with Gasteiger partial charge in [-0.15, -0.1) is 4.99 Å². The number of aliphatic imine (C=N–C) groups is 1. The first-order valence-electron chi connectivity index (χ1n) is 3.18. The van der Waals surface area contributed by atoms with Crippen LogP contribution in [0.3, 0.4) is 0 Å². The molecule has 0 rings (SSSR count). The van der Waals surface area contributed by atoms with Gasteiger partial charge in [-0.25, -0.2) is 4.79 Å². The molecule has 0 heterocycles. The zero-order valence-corrected chi connectivity index (χ0v) is 7.29. The van der Waals surface area contributed by atoms with Crippen molar-refractivity contribution >= 4 is 12.1 Å². The lowest BCUT2D eigenvalue weighted by Crippen LogP contribution is -2.23. The van der Waals surface area contributed by atoms with Crippen LogP contribution in [0, 0.1) is 0 Å². The minimum absolute atomic E-state index is 0.0939. The average molecular weight is 176 g/mol. The molecule has 0 unspecified atom stereocenters. The number of urea groups is 1. The van der Waals surface area contributed by atoms with Gasteiger partial charge in [0.05, 0.1) is 14.2 Å². The zero-order valence-electron chi connectivity index (χ0n) is 7.29. The molecule has 6 nitrogen and oxygen atoms in total. The number of ether oxygens (including phenoxy) is 3. The maximum absolute atomic E-state index is 10.8.